The van der Waals surface area contributed by atoms with Gasteiger partial charge >= 0.3 is 0 Å². The van der Waals surface area contributed by atoms with Crippen LogP contribution in [0.2, 0.25) is 0 Å². The van der Waals surface area contributed by atoms with Crippen LogP contribution in [0.25, 0.3) is 5.57 Å². The summed E-state index contributed by atoms with van der Waals surface area (Å²) >= 11 is 0. The van der Waals surface area contributed by atoms with E-state index in [1.54, 1.807) is 36.4 Å². The zero-order chi connectivity index (χ0) is 26.9. The summed E-state index contributed by atoms with van der Waals surface area (Å²) in [6.45, 7) is 8.55. The molecule has 37 heavy (non-hydrogen) atoms. The number of alkyl halides is 1. The zero-order valence-corrected chi connectivity index (χ0v) is 20.7. The number of carbonyl (C=O) groups is 2. The van der Waals surface area contributed by atoms with E-state index in [4.69, 9.17) is 5.73 Å². The van der Waals surface area contributed by atoms with E-state index in [9.17, 15) is 14.0 Å². The van der Waals surface area contributed by atoms with E-state index >= 15 is 4.39 Å². The number of aryl methyl sites for hydroxylation is 1. The van der Waals surface area contributed by atoms with Crippen LogP contribution in [-0.2, 0) is 5.67 Å². The molecule has 1 aliphatic carbocycles. The Hall–Kier alpha value is -4.46. The van der Waals surface area contributed by atoms with Crippen molar-refractivity contribution in [2.75, 3.05) is 5.32 Å². The summed E-state index contributed by atoms with van der Waals surface area (Å²) in [5.41, 5.74) is 7.51. The van der Waals surface area contributed by atoms with Crippen molar-refractivity contribution in [1.29, 1.82) is 0 Å². The van der Waals surface area contributed by atoms with E-state index < -0.39 is 29.2 Å². The molecule has 0 spiro atoms. The number of primary amides is 1. The molecule has 0 saturated carbocycles. The maximum Gasteiger partial charge on any atom is 0.267 e. The lowest BCUT2D eigenvalue weighted by Gasteiger charge is -2.22. The Morgan fingerprint density at radius 2 is 1.81 bits per heavy atom. The van der Waals surface area contributed by atoms with Gasteiger partial charge in [-0.2, -0.15) is 0 Å². The quantitative estimate of drug-likeness (QED) is 0.438. The number of aromatic nitrogens is 2. The number of amides is 2. The Balaban J connectivity index is 1.67. The summed E-state index contributed by atoms with van der Waals surface area (Å²) < 4.78 is 29.5. The van der Waals surface area contributed by atoms with Gasteiger partial charge in [-0.15, -0.1) is 0 Å². The molecule has 2 aromatic heterocycles. The van der Waals surface area contributed by atoms with Gasteiger partial charge in [-0.1, -0.05) is 18.7 Å². The van der Waals surface area contributed by atoms with Crippen LogP contribution in [-0.4, -0.2) is 21.8 Å². The first-order valence-corrected chi connectivity index (χ1v) is 11.6. The van der Waals surface area contributed by atoms with Crippen LogP contribution in [0.1, 0.15) is 63.0 Å². The fourth-order valence-electron chi connectivity index (χ4n) is 4.08. The van der Waals surface area contributed by atoms with Gasteiger partial charge in [-0.3, -0.25) is 19.6 Å². The predicted octanol–water partition coefficient (Wildman–Crippen LogP) is 5.93. The second kappa shape index (κ2) is 9.89. The van der Waals surface area contributed by atoms with Crippen LogP contribution in [0.4, 0.5) is 14.5 Å². The Kier molecular flexibility index (Phi) is 6.85. The van der Waals surface area contributed by atoms with Gasteiger partial charge in [0.15, 0.2) is 0 Å². The number of halogens is 2. The van der Waals surface area contributed by atoms with Crippen molar-refractivity contribution in [1.82, 2.24) is 9.97 Å². The largest absolute Gasteiger partial charge is 0.364 e. The van der Waals surface area contributed by atoms with Crippen LogP contribution < -0.4 is 11.1 Å². The number of hydrogen-bond acceptors (Lipinski definition) is 4. The number of carbonyl (C=O) groups excluding carboxylic acids is 2. The number of allylic oxidation sites excluding steroid dienone is 5. The van der Waals surface area contributed by atoms with Gasteiger partial charge in [0.05, 0.1) is 5.69 Å². The zero-order valence-electron chi connectivity index (χ0n) is 20.7. The van der Waals surface area contributed by atoms with Crippen molar-refractivity contribution < 1.29 is 18.4 Å². The number of hydrogen-bond donors (Lipinski definition) is 2. The minimum Gasteiger partial charge on any atom is -0.364 e. The number of pyridine rings is 2. The molecular formula is C29H26F2N4O2. The van der Waals surface area contributed by atoms with Crippen LogP contribution in [0, 0.1) is 6.92 Å². The van der Waals surface area contributed by atoms with Crippen molar-refractivity contribution in [3.63, 3.8) is 0 Å². The first-order chi connectivity index (χ1) is 17.4. The normalized spacial score (nSPS) is 15.6. The SMILES string of the molecule is C=C1C=C(F)C(c2cc(NC(=O)c3ccnc(C(C)(C)F)c3)ccc2C)=CC1c1ccnc(C(N)=O)c1. The molecule has 1 unspecified atom stereocenters. The molecule has 0 fully saturated rings. The first-order valence-electron chi connectivity index (χ1n) is 11.6. The highest BCUT2D eigenvalue weighted by molar-refractivity contribution is 6.04. The lowest BCUT2D eigenvalue weighted by Crippen LogP contribution is -2.16. The van der Waals surface area contributed by atoms with E-state index in [1.807, 2.05) is 6.92 Å². The van der Waals surface area contributed by atoms with E-state index in [2.05, 4.69) is 21.9 Å². The molecule has 1 atom stereocenters. The van der Waals surface area contributed by atoms with Crippen molar-refractivity contribution in [2.24, 2.45) is 5.73 Å². The second-order valence-corrected chi connectivity index (χ2v) is 9.35. The molecule has 4 rings (SSSR count). The molecular weight excluding hydrogens is 474 g/mol. The number of rotatable bonds is 6. The second-order valence-electron chi connectivity index (χ2n) is 9.35. The Labute approximate surface area is 213 Å². The van der Waals surface area contributed by atoms with Gasteiger partial charge in [-0.05, 0) is 85.5 Å². The maximum absolute atomic E-state index is 15.2. The molecule has 1 aliphatic rings. The Morgan fingerprint density at radius 3 is 2.51 bits per heavy atom. The van der Waals surface area contributed by atoms with Crippen LogP contribution in [0.5, 0.6) is 0 Å². The fourth-order valence-corrected chi connectivity index (χ4v) is 4.08. The van der Waals surface area contributed by atoms with Gasteiger partial charge in [-0.25, -0.2) is 8.78 Å². The third-order valence-corrected chi connectivity index (χ3v) is 6.11. The highest BCUT2D eigenvalue weighted by atomic mass is 19.1. The minimum absolute atomic E-state index is 0.103. The summed E-state index contributed by atoms with van der Waals surface area (Å²) in [6, 6.07) is 11.4. The van der Waals surface area contributed by atoms with Gasteiger partial charge in [0.2, 0.25) is 0 Å². The molecule has 1 aromatic carbocycles. The Morgan fingerprint density at radius 1 is 1.08 bits per heavy atom. The lowest BCUT2D eigenvalue weighted by molar-refractivity contribution is 0.0993. The molecule has 2 heterocycles. The van der Waals surface area contributed by atoms with Crippen LogP contribution >= 0.6 is 0 Å². The molecule has 0 radical (unpaired) electrons. The topological polar surface area (TPSA) is 98.0 Å². The summed E-state index contributed by atoms with van der Waals surface area (Å²) in [6.07, 6.45) is 5.94. The summed E-state index contributed by atoms with van der Waals surface area (Å²) in [4.78, 5) is 32.4. The number of nitrogens with zero attached hydrogens (tertiary/aromatic N) is 2. The van der Waals surface area contributed by atoms with Crippen molar-refractivity contribution >= 4 is 23.1 Å². The highest BCUT2D eigenvalue weighted by Crippen LogP contribution is 2.40. The summed E-state index contributed by atoms with van der Waals surface area (Å²) in [5, 5.41) is 2.79. The smallest absolute Gasteiger partial charge is 0.267 e. The highest BCUT2D eigenvalue weighted by Gasteiger charge is 2.24. The number of anilines is 1. The number of nitrogens with one attached hydrogen (secondary N) is 1. The van der Waals surface area contributed by atoms with E-state index in [1.165, 1.54) is 44.4 Å². The van der Waals surface area contributed by atoms with Crippen LogP contribution in [0.15, 0.2) is 85.0 Å². The molecule has 0 saturated heterocycles. The van der Waals surface area contributed by atoms with E-state index in [0.29, 0.717) is 28.0 Å². The van der Waals surface area contributed by atoms with E-state index in [-0.39, 0.29) is 17.0 Å². The summed E-state index contributed by atoms with van der Waals surface area (Å²) in [5.74, 6) is -1.99. The van der Waals surface area contributed by atoms with Gasteiger partial charge in [0.1, 0.15) is 17.2 Å². The average molecular weight is 501 g/mol. The third kappa shape index (κ3) is 5.53. The molecule has 3 aromatic rings. The standard InChI is InChI=1S/C29H26F2N4O2/c1-16-5-6-20(35-28(37)19-8-10-34-26(13-19)29(3,4)31)14-22(16)23-15-21(17(2)11-24(23)30)18-7-9-33-25(12-18)27(32)36/h5-15,21H,2H2,1,3-4H3,(H2,32,36)(H,35,37). The van der Waals surface area contributed by atoms with Crippen molar-refractivity contribution in [3.8, 4) is 0 Å². The van der Waals surface area contributed by atoms with Gasteiger partial charge in [0, 0.05) is 35.1 Å². The molecule has 188 valence electrons. The molecule has 8 heteroatoms. The Bertz CT molecular complexity index is 1490. The number of benzene rings is 1. The molecule has 2 amide bonds. The molecule has 6 nitrogen and oxygen atoms in total. The third-order valence-electron chi connectivity index (χ3n) is 6.11. The van der Waals surface area contributed by atoms with Gasteiger partial charge in [0.25, 0.3) is 11.8 Å². The predicted molar refractivity (Wildman–Crippen MR) is 139 cm³/mol. The average Bonchev–Trinajstić information content (AvgIpc) is 2.85. The van der Waals surface area contributed by atoms with Crippen molar-refractivity contribution in [2.45, 2.75) is 32.4 Å². The lowest BCUT2D eigenvalue weighted by atomic mass is 9.83. The van der Waals surface area contributed by atoms with Crippen molar-refractivity contribution in [3.05, 3.63) is 119 Å². The first kappa shape index (κ1) is 25.6. The maximum atomic E-state index is 15.2. The van der Waals surface area contributed by atoms with Crippen LogP contribution in [0.3, 0.4) is 0 Å². The van der Waals surface area contributed by atoms with E-state index in [0.717, 1.165) is 5.56 Å². The number of nitrogens with two attached hydrogens (primary N) is 1. The fraction of sp³-hybridized carbons (Fsp3) is 0.172. The minimum atomic E-state index is -1.70. The molecule has 0 aliphatic heterocycles. The van der Waals surface area contributed by atoms with Gasteiger partial charge < -0.3 is 11.1 Å². The molecule has 3 N–H and O–H groups in total. The monoisotopic (exact) mass is 500 g/mol. The summed E-state index contributed by atoms with van der Waals surface area (Å²) in [7, 11) is 0. The molecule has 0 bridgehead atoms.